The summed E-state index contributed by atoms with van der Waals surface area (Å²) in [6.07, 6.45) is 5.05. The van der Waals surface area contributed by atoms with Gasteiger partial charge in [0.1, 0.15) is 5.69 Å². The molecule has 2 heterocycles. The molecule has 6 nitrogen and oxygen atoms in total. The highest BCUT2D eigenvalue weighted by atomic mass is 16.5. The number of pyridine rings is 2. The summed E-state index contributed by atoms with van der Waals surface area (Å²) in [5, 5.41) is 5.95. The first-order chi connectivity index (χ1) is 10.3. The van der Waals surface area contributed by atoms with Gasteiger partial charge in [-0.1, -0.05) is 6.07 Å². The van der Waals surface area contributed by atoms with Gasteiger partial charge in [-0.2, -0.15) is 0 Å². The lowest BCUT2D eigenvalue weighted by molar-refractivity contribution is 0.0946. The zero-order valence-electron chi connectivity index (χ0n) is 11.9. The second-order valence-corrected chi connectivity index (χ2v) is 4.40. The van der Waals surface area contributed by atoms with Crippen LogP contribution in [0, 0.1) is 0 Å². The van der Waals surface area contributed by atoms with Gasteiger partial charge >= 0.3 is 0 Å². The molecule has 0 aliphatic heterocycles. The van der Waals surface area contributed by atoms with Crippen LogP contribution >= 0.6 is 0 Å². The molecule has 0 saturated carbocycles. The standard InChI is InChI=1S/C15H18N4O2/c1-21-8-7-17-13-4-5-14(18-11-13)15(20)19-10-12-3-2-6-16-9-12/h2-6,9,11,17H,7-8,10H2,1H3,(H,19,20). The zero-order chi connectivity index (χ0) is 14.9. The maximum Gasteiger partial charge on any atom is 0.270 e. The van der Waals surface area contributed by atoms with Crippen molar-refractivity contribution in [1.82, 2.24) is 15.3 Å². The van der Waals surface area contributed by atoms with Crippen LogP contribution in [0.1, 0.15) is 16.1 Å². The molecule has 110 valence electrons. The average Bonchev–Trinajstić information content (AvgIpc) is 2.54. The van der Waals surface area contributed by atoms with Gasteiger partial charge in [-0.15, -0.1) is 0 Å². The second kappa shape index (κ2) is 7.96. The quantitative estimate of drug-likeness (QED) is 0.754. The van der Waals surface area contributed by atoms with E-state index >= 15 is 0 Å². The number of carbonyl (C=O) groups is 1. The van der Waals surface area contributed by atoms with Crippen LogP contribution < -0.4 is 10.6 Å². The van der Waals surface area contributed by atoms with Crippen LogP contribution in [0.5, 0.6) is 0 Å². The van der Waals surface area contributed by atoms with Crippen molar-refractivity contribution in [3.8, 4) is 0 Å². The number of carbonyl (C=O) groups excluding carboxylic acids is 1. The number of rotatable bonds is 7. The van der Waals surface area contributed by atoms with Crippen molar-refractivity contribution in [1.29, 1.82) is 0 Å². The Bertz CT molecular complexity index is 558. The summed E-state index contributed by atoms with van der Waals surface area (Å²) < 4.78 is 4.95. The van der Waals surface area contributed by atoms with E-state index in [2.05, 4.69) is 20.6 Å². The Kier molecular flexibility index (Phi) is 5.66. The summed E-state index contributed by atoms with van der Waals surface area (Å²) in [6.45, 7) is 1.75. The number of aromatic nitrogens is 2. The summed E-state index contributed by atoms with van der Waals surface area (Å²) in [4.78, 5) is 20.1. The van der Waals surface area contributed by atoms with Gasteiger partial charge in [-0.25, -0.2) is 4.98 Å². The Morgan fingerprint density at radius 2 is 2.19 bits per heavy atom. The van der Waals surface area contributed by atoms with Gasteiger partial charge in [-0.05, 0) is 23.8 Å². The van der Waals surface area contributed by atoms with Crippen molar-refractivity contribution in [3.63, 3.8) is 0 Å². The van der Waals surface area contributed by atoms with Gasteiger partial charge in [0, 0.05) is 32.6 Å². The highest BCUT2D eigenvalue weighted by Crippen LogP contribution is 2.06. The summed E-state index contributed by atoms with van der Waals surface area (Å²) in [6, 6.07) is 7.25. The molecule has 0 aromatic carbocycles. The number of ether oxygens (including phenoxy) is 1. The molecule has 0 spiro atoms. The molecule has 0 radical (unpaired) electrons. The van der Waals surface area contributed by atoms with Gasteiger partial charge in [0.05, 0.1) is 18.5 Å². The van der Waals surface area contributed by atoms with Crippen LogP contribution in [0.3, 0.4) is 0 Å². The third kappa shape index (κ3) is 4.85. The SMILES string of the molecule is COCCNc1ccc(C(=O)NCc2cccnc2)nc1. The summed E-state index contributed by atoms with van der Waals surface area (Å²) in [5.74, 6) is -0.206. The molecule has 0 bridgehead atoms. The summed E-state index contributed by atoms with van der Waals surface area (Å²) in [7, 11) is 1.65. The zero-order valence-corrected chi connectivity index (χ0v) is 11.9. The average molecular weight is 286 g/mol. The van der Waals surface area contributed by atoms with Crippen LogP contribution in [0.15, 0.2) is 42.9 Å². The second-order valence-electron chi connectivity index (χ2n) is 4.40. The molecule has 0 aliphatic rings. The molecule has 0 atom stereocenters. The Balaban J connectivity index is 1.85. The molecular weight excluding hydrogens is 268 g/mol. The van der Waals surface area contributed by atoms with Gasteiger partial charge < -0.3 is 15.4 Å². The van der Waals surface area contributed by atoms with Gasteiger partial charge in [0.15, 0.2) is 0 Å². The highest BCUT2D eigenvalue weighted by molar-refractivity contribution is 5.92. The van der Waals surface area contributed by atoms with Crippen molar-refractivity contribution in [2.24, 2.45) is 0 Å². The van der Waals surface area contributed by atoms with Crippen molar-refractivity contribution in [2.45, 2.75) is 6.54 Å². The molecule has 0 fully saturated rings. The Labute approximate surface area is 123 Å². The van der Waals surface area contributed by atoms with Crippen molar-refractivity contribution < 1.29 is 9.53 Å². The molecule has 2 aromatic heterocycles. The molecule has 21 heavy (non-hydrogen) atoms. The van der Waals surface area contributed by atoms with Crippen LogP contribution in [0.4, 0.5) is 5.69 Å². The fraction of sp³-hybridized carbons (Fsp3) is 0.267. The van der Waals surface area contributed by atoms with Crippen molar-refractivity contribution >= 4 is 11.6 Å². The van der Waals surface area contributed by atoms with Crippen LogP contribution in [-0.2, 0) is 11.3 Å². The van der Waals surface area contributed by atoms with Gasteiger partial charge in [0.25, 0.3) is 5.91 Å². The maximum absolute atomic E-state index is 12.0. The lowest BCUT2D eigenvalue weighted by atomic mass is 10.2. The van der Waals surface area contributed by atoms with Crippen LogP contribution in [-0.4, -0.2) is 36.1 Å². The first kappa shape index (κ1) is 14.9. The van der Waals surface area contributed by atoms with E-state index in [1.807, 2.05) is 18.2 Å². The fourth-order valence-corrected chi connectivity index (χ4v) is 1.71. The first-order valence-corrected chi connectivity index (χ1v) is 6.65. The third-order valence-corrected chi connectivity index (χ3v) is 2.81. The molecular formula is C15H18N4O2. The van der Waals surface area contributed by atoms with E-state index in [-0.39, 0.29) is 5.91 Å². The minimum absolute atomic E-state index is 0.206. The Morgan fingerprint density at radius 1 is 1.29 bits per heavy atom. The largest absolute Gasteiger partial charge is 0.383 e. The molecule has 2 rings (SSSR count). The summed E-state index contributed by atoms with van der Waals surface area (Å²) >= 11 is 0. The number of hydrogen-bond donors (Lipinski definition) is 2. The normalized spacial score (nSPS) is 10.1. The number of methoxy groups -OCH3 is 1. The molecule has 0 aliphatic carbocycles. The minimum atomic E-state index is -0.206. The monoisotopic (exact) mass is 286 g/mol. The maximum atomic E-state index is 12.0. The summed E-state index contributed by atoms with van der Waals surface area (Å²) in [5.41, 5.74) is 2.19. The van der Waals surface area contributed by atoms with Crippen LogP contribution in [0.25, 0.3) is 0 Å². The molecule has 2 N–H and O–H groups in total. The number of nitrogens with zero attached hydrogens (tertiary/aromatic N) is 2. The molecule has 0 saturated heterocycles. The number of amides is 1. The minimum Gasteiger partial charge on any atom is -0.383 e. The van der Waals surface area contributed by atoms with E-state index in [1.54, 1.807) is 31.8 Å². The number of anilines is 1. The van der Waals surface area contributed by atoms with E-state index in [4.69, 9.17) is 4.74 Å². The Hall–Kier alpha value is -2.47. The fourth-order valence-electron chi connectivity index (χ4n) is 1.71. The molecule has 1 amide bonds. The smallest absolute Gasteiger partial charge is 0.270 e. The van der Waals surface area contributed by atoms with Crippen molar-refractivity contribution in [3.05, 3.63) is 54.1 Å². The highest BCUT2D eigenvalue weighted by Gasteiger charge is 2.06. The lowest BCUT2D eigenvalue weighted by Gasteiger charge is -2.07. The Morgan fingerprint density at radius 3 is 2.86 bits per heavy atom. The van der Waals surface area contributed by atoms with E-state index < -0.39 is 0 Å². The van der Waals surface area contributed by atoms with Gasteiger partial charge in [-0.3, -0.25) is 9.78 Å². The van der Waals surface area contributed by atoms with Crippen molar-refractivity contribution in [2.75, 3.05) is 25.6 Å². The lowest BCUT2D eigenvalue weighted by Crippen LogP contribution is -2.23. The number of hydrogen-bond acceptors (Lipinski definition) is 5. The van der Waals surface area contributed by atoms with Crippen LogP contribution in [0.2, 0.25) is 0 Å². The predicted molar refractivity (Wildman–Crippen MR) is 80.0 cm³/mol. The molecule has 0 unspecified atom stereocenters. The molecule has 2 aromatic rings. The number of nitrogens with one attached hydrogen (secondary N) is 2. The predicted octanol–water partition coefficient (Wildman–Crippen LogP) is 1.46. The van der Waals surface area contributed by atoms with E-state index in [1.165, 1.54) is 0 Å². The van der Waals surface area contributed by atoms with Gasteiger partial charge in [0.2, 0.25) is 0 Å². The van der Waals surface area contributed by atoms with E-state index in [0.29, 0.717) is 25.4 Å². The topological polar surface area (TPSA) is 76.1 Å². The van der Waals surface area contributed by atoms with E-state index in [9.17, 15) is 4.79 Å². The first-order valence-electron chi connectivity index (χ1n) is 6.65. The van der Waals surface area contributed by atoms with E-state index in [0.717, 1.165) is 11.3 Å². The molecule has 6 heteroatoms. The third-order valence-electron chi connectivity index (χ3n) is 2.81.